The molecule has 25 heavy (non-hydrogen) atoms. The SMILES string of the molecule is CCN[C@H](C)CNC(=O)CCc1c(C)nc(-c2cccnc2)[nH]c1=O. The first-order valence-electron chi connectivity index (χ1n) is 8.51. The highest BCUT2D eigenvalue weighted by Crippen LogP contribution is 2.13. The third-order valence-electron chi connectivity index (χ3n) is 3.92. The Kier molecular flexibility index (Phi) is 6.82. The first-order valence-corrected chi connectivity index (χ1v) is 8.51. The van der Waals surface area contributed by atoms with Gasteiger partial charge in [0, 0.05) is 48.2 Å². The van der Waals surface area contributed by atoms with E-state index in [9.17, 15) is 9.59 Å². The lowest BCUT2D eigenvalue weighted by molar-refractivity contribution is -0.121. The fourth-order valence-electron chi connectivity index (χ4n) is 2.56. The molecule has 0 aliphatic carbocycles. The summed E-state index contributed by atoms with van der Waals surface area (Å²) in [5.74, 6) is 0.420. The summed E-state index contributed by atoms with van der Waals surface area (Å²) in [7, 11) is 0. The van der Waals surface area contributed by atoms with Crippen molar-refractivity contribution in [2.75, 3.05) is 13.1 Å². The Labute approximate surface area is 147 Å². The van der Waals surface area contributed by atoms with E-state index in [-0.39, 0.29) is 23.9 Å². The molecular formula is C18H25N5O2. The first-order chi connectivity index (χ1) is 12.0. The van der Waals surface area contributed by atoms with Crippen molar-refractivity contribution in [2.45, 2.75) is 39.7 Å². The van der Waals surface area contributed by atoms with Crippen molar-refractivity contribution in [3.05, 3.63) is 46.1 Å². The zero-order valence-electron chi connectivity index (χ0n) is 14.9. The van der Waals surface area contributed by atoms with Crippen LogP contribution in [0.15, 0.2) is 29.3 Å². The van der Waals surface area contributed by atoms with Crippen LogP contribution in [0.3, 0.4) is 0 Å². The standard InChI is InChI=1S/C18H25N5O2/c1-4-20-12(2)10-21-16(24)8-7-15-13(3)22-17(23-18(15)25)14-6-5-9-19-11-14/h5-6,9,11-12,20H,4,7-8,10H2,1-3H3,(H,21,24)(H,22,23,25)/t12-/m1/s1. The molecule has 0 aliphatic heterocycles. The molecular weight excluding hydrogens is 318 g/mol. The second-order valence-electron chi connectivity index (χ2n) is 5.98. The van der Waals surface area contributed by atoms with Crippen LogP contribution in [0.2, 0.25) is 0 Å². The number of H-pyrrole nitrogens is 1. The van der Waals surface area contributed by atoms with E-state index in [0.717, 1.165) is 12.1 Å². The summed E-state index contributed by atoms with van der Waals surface area (Å²) >= 11 is 0. The summed E-state index contributed by atoms with van der Waals surface area (Å²) in [6.07, 6.45) is 3.94. The molecule has 7 nitrogen and oxygen atoms in total. The van der Waals surface area contributed by atoms with Crippen LogP contribution < -0.4 is 16.2 Å². The number of hydrogen-bond acceptors (Lipinski definition) is 5. The average molecular weight is 343 g/mol. The molecule has 0 unspecified atom stereocenters. The van der Waals surface area contributed by atoms with Gasteiger partial charge in [0.25, 0.3) is 5.56 Å². The van der Waals surface area contributed by atoms with E-state index in [1.165, 1.54) is 0 Å². The van der Waals surface area contributed by atoms with Crippen LogP contribution in [0.25, 0.3) is 11.4 Å². The van der Waals surface area contributed by atoms with Crippen molar-refractivity contribution >= 4 is 5.91 Å². The van der Waals surface area contributed by atoms with Crippen LogP contribution >= 0.6 is 0 Å². The molecule has 1 atom stereocenters. The van der Waals surface area contributed by atoms with Crippen LogP contribution in [-0.4, -0.2) is 40.0 Å². The molecule has 0 radical (unpaired) electrons. The summed E-state index contributed by atoms with van der Waals surface area (Å²) in [6.45, 7) is 7.26. The highest BCUT2D eigenvalue weighted by Gasteiger charge is 2.12. The number of likely N-dealkylation sites (N-methyl/N-ethyl adjacent to an activating group) is 1. The highest BCUT2D eigenvalue weighted by atomic mass is 16.1. The molecule has 2 aromatic heterocycles. The van der Waals surface area contributed by atoms with Gasteiger partial charge in [-0.3, -0.25) is 14.6 Å². The van der Waals surface area contributed by atoms with E-state index >= 15 is 0 Å². The summed E-state index contributed by atoms with van der Waals surface area (Å²) in [5, 5.41) is 6.10. The molecule has 2 aromatic rings. The van der Waals surface area contributed by atoms with Gasteiger partial charge in [-0.05, 0) is 38.9 Å². The second kappa shape index (κ2) is 9.08. The van der Waals surface area contributed by atoms with Crippen molar-refractivity contribution in [3.8, 4) is 11.4 Å². The Bertz CT molecular complexity index is 758. The zero-order valence-corrected chi connectivity index (χ0v) is 14.9. The molecule has 2 rings (SSSR count). The van der Waals surface area contributed by atoms with E-state index in [0.29, 0.717) is 30.0 Å². The number of aryl methyl sites for hydroxylation is 1. The fraction of sp³-hybridized carbons (Fsp3) is 0.444. The maximum absolute atomic E-state index is 12.3. The van der Waals surface area contributed by atoms with Crippen LogP contribution in [0, 0.1) is 6.92 Å². The molecule has 0 aliphatic rings. The maximum Gasteiger partial charge on any atom is 0.254 e. The van der Waals surface area contributed by atoms with Gasteiger partial charge in [0.05, 0.1) is 0 Å². The number of rotatable bonds is 8. The molecule has 2 heterocycles. The minimum absolute atomic E-state index is 0.0695. The molecule has 0 fully saturated rings. The smallest absolute Gasteiger partial charge is 0.254 e. The fourth-order valence-corrected chi connectivity index (χ4v) is 2.56. The number of carbonyl (C=O) groups is 1. The Morgan fingerprint density at radius 3 is 2.84 bits per heavy atom. The number of amides is 1. The molecule has 3 N–H and O–H groups in total. The maximum atomic E-state index is 12.3. The van der Waals surface area contributed by atoms with Crippen LogP contribution in [0.1, 0.15) is 31.5 Å². The number of aromatic nitrogens is 3. The lowest BCUT2D eigenvalue weighted by Gasteiger charge is -2.13. The molecule has 0 saturated heterocycles. The number of carbonyl (C=O) groups excluding carboxylic acids is 1. The Morgan fingerprint density at radius 1 is 1.40 bits per heavy atom. The van der Waals surface area contributed by atoms with Gasteiger partial charge in [0.15, 0.2) is 0 Å². The minimum Gasteiger partial charge on any atom is -0.355 e. The quantitative estimate of drug-likeness (QED) is 0.668. The van der Waals surface area contributed by atoms with Gasteiger partial charge >= 0.3 is 0 Å². The van der Waals surface area contributed by atoms with Crippen molar-refractivity contribution in [3.63, 3.8) is 0 Å². The number of hydrogen-bond donors (Lipinski definition) is 3. The van der Waals surface area contributed by atoms with Gasteiger partial charge in [-0.2, -0.15) is 0 Å². The van der Waals surface area contributed by atoms with Gasteiger partial charge in [0.1, 0.15) is 5.82 Å². The highest BCUT2D eigenvalue weighted by molar-refractivity contribution is 5.76. The van der Waals surface area contributed by atoms with E-state index in [4.69, 9.17) is 0 Å². The molecule has 0 aromatic carbocycles. The molecule has 1 amide bonds. The molecule has 134 valence electrons. The third kappa shape index (κ3) is 5.49. The van der Waals surface area contributed by atoms with E-state index in [1.807, 2.05) is 19.9 Å². The predicted octanol–water partition coefficient (Wildman–Crippen LogP) is 1.19. The number of nitrogens with zero attached hydrogens (tertiary/aromatic N) is 2. The summed E-state index contributed by atoms with van der Waals surface area (Å²) in [5.41, 5.74) is 1.73. The normalized spacial score (nSPS) is 12.0. The Balaban J connectivity index is 1.99. The predicted molar refractivity (Wildman–Crippen MR) is 97.3 cm³/mol. The Morgan fingerprint density at radius 2 is 2.20 bits per heavy atom. The number of nitrogens with one attached hydrogen (secondary N) is 3. The summed E-state index contributed by atoms with van der Waals surface area (Å²) < 4.78 is 0. The molecule has 0 saturated carbocycles. The van der Waals surface area contributed by atoms with Gasteiger partial charge in [-0.15, -0.1) is 0 Å². The zero-order chi connectivity index (χ0) is 18.2. The van der Waals surface area contributed by atoms with Gasteiger partial charge in [-0.25, -0.2) is 4.98 Å². The van der Waals surface area contributed by atoms with Crippen molar-refractivity contribution in [1.29, 1.82) is 0 Å². The molecule has 7 heteroatoms. The lowest BCUT2D eigenvalue weighted by Crippen LogP contribution is -2.39. The van der Waals surface area contributed by atoms with Gasteiger partial charge in [-0.1, -0.05) is 6.92 Å². The largest absolute Gasteiger partial charge is 0.355 e. The molecule has 0 spiro atoms. The first kappa shape index (κ1) is 18.8. The minimum atomic E-state index is -0.208. The van der Waals surface area contributed by atoms with Crippen molar-refractivity contribution in [1.82, 2.24) is 25.6 Å². The summed E-state index contributed by atoms with van der Waals surface area (Å²) in [6, 6.07) is 3.85. The van der Waals surface area contributed by atoms with Gasteiger partial charge in [0.2, 0.25) is 5.91 Å². The average Bonchev–Trinajstić information content (AvgIpc) is 2.60. The monoisotopic (exact) mass is 343 g/mol. The van der Waals surface area contributed by atoms with Crippen molar-refractivity contribution in [2.24, 2.45) is 0 Å². The second-order valence-corrected chi connectivity index (χ2v) is 5.98. The van der Waals surface area contributed by atoms with Crippen LogP contribution in [0.5, 0.6) is 0 Å². The number of pyridine rings is 1. The lowest BCUT2D eigenvalue weighted by atomic mass is 10.1. The molecule has 0 bridgehead atoms. The van der Waals surface area contributed by atoms with E-state index < -0.39 is 0 Å². The van der Waals surface area contributed by atoms with Crippen molar-refractivity contribution < 1.29 is 4.79 Å². The Hall–Kier alpha value is -2.54. The van der Waals surface area contributed by atoms with E-state index in [2.05, 4.69) is 25.6 Å². The third-order valence-corrected chi connectivity index (χ3v) is 3.92. The van der Waals surface area contributed by atoms with E-state index in [1.54, 1.807) is 25.4 Å². The van der Waals surface area contributed by atoms with Gasteiger partial charge < -0.3 is 15.6 Å². The van der Waals surface area contributed by atoms with Crippen LogP contribution in [-0.2, 0) is 11.2 Å². The topological polar surface area (TPSA) is 99.8 Å². The summed E-state index contributed by atoms with van der Waals surface area (Å²) in [4.78, 5) is 35.5. The number of aromatic amines is 1. The van der Waals surface area contributed by atoms with Crippen LogP contribution in [0.4, 0.5) is 0 Å².